The number of Topliss-reactive ketones (excluding diaryl/α,β-unsaturated/α-hetero) is 1. The van der Waals surface area contributed by atoms with Crippen LogP contribution in [0, 0.1) is 13.8 Å². The molecule has 3 rings (SSSR count). The number of ketones is 1. The molecule has 0 saturated heterocycles. The van der Waals surface area contributed by atoms with E-state index in [2.05, 4.69) is 47.6 Å². The topological polar surface area (TPSA) is 54.9 Å². The second-order valence-electron chi connectivity index (χ2n) is 5.64. The van der Waals surface area contributed by atoms with Gasteiger partial charge in [-0.2, -0.15) is 0 Å². The first-order valence-electron chi connectivity index (χ1n) is 7.49. The summed E-state index contributed by atoms with van der Waals surface area (Å²) in [5, 5.41) is 12.6. The molecule has 1 N–H and O–H groups in total. The first-order chi connectivity index (χ1) is 10.6. The molecule has 6 heteroatoms. The molecular formula is C16H19N3OS2. The van der Waals surface area contributed by atoms with Crippen molar-refractivity contribution in [3.05, 3.63) is 29.3 Å². The molecular weight excluding hydrogens is 314 g/mol. The standard InChI is InChI=1S/C16H19N3OS2/c1-10-7-8-12(11(2)9-10)17-15-18-19-16(22-15)21-14-6-4-3-5-13(14)20/h7-9,14H,3-6H2,1-2H3,(H,17,18). The molecule has 22 heavy (non-hydrogen) atoms. The highest BCUT2D eigenvalue weighted by atomic mass is 32.2. The van der Waals surface area contributed by atoms with Crippen LogP contribution in [0.5, 0.6) is 0 Å². The van der Waals surface area contributed by atoms with Crippen molar-refractivity contribution in [2.45, 2.75) is 49.1 Å². The number of aromatic nitrogens is 2. The van der Waals surface area contributed by atoms with E-state index in [4.69, 9.17) is 0 Å². The predicted molar refractivity (Wildman–Crippen MR) is 92.2 cm³/mol. The van der Waals surface area contributed by atoms with Crippen LogP contribution in [-0.4, -0.2) is 21.2 Å². The van der Waals surface area contributed by atoms with Crippen LogP contribution in [0.3, 0.4) is 0 Å². The highest BCUT2D eigenvalue weighted by Gasteiger charge is 2.24. The molecule has 116 valence electrons. The fourth-order valence-electron chi connectivity index (χ4n) is 2.57. The summed E-state index contributed by atoms with van der Waals surface area (Å²) in [6, 6.07) is 6.27. The van der Waals surface area contributed by atoms with Gasteiger partial charge >= 0.3 is 0 Å². The maximum Gasteiger partial charge on any atom is 0.210 e. The van der Waals surface area contributed by atoms with Gasteiger partial charge in [-0.25, -0.2) is 0 Å². The number of carbonyl (C=O) groups is 1. The van der Waals surface area contributed by atoms with Gasteiger partial charge in [-0.1, -0.05) is 47.2 Å². The Hall–Kier alpha value is -1.40. The van der Waals surface area contributed by atoms with Crippen molar-refractivity contribution in [2.24, 2.45) is 0 Å². The van der Waals surface area contributed by atoms with E-state index < -0.39 is 0 Å². The van der Waals surface area contributed by atoms with Gasteiger partial charge < -0.3 is 5.32 Å². The number of hydrogen-bond acceptors (Lipinski definition) is 6. The van der Waals surface area contributed by atoms with E-state index in [1.807, 2.05) is 0 Å². The van der Waals surface area contributed by atoms with Crippen molar-refractivity contribution in [1.82, 2.24) is 10.2 Å². The zero-order chi connectivity index (χ0) is 15.5. The number of nitrogens with zero attached hydrogens (tertiary/aromatic N) is 2. The third-order valence-corrected chi connectivity index (χ3v) is 6.01. The fraction of sp³-hybridized carbons (Fsp3) is 0.438. The predicted octanol–water partition coefficient (Wildman–Crippen LogP) is 4.50. The third-order valence-electron chi connectivity index (χ3n) is 3.77. The number of benzene rings is 1. The van der Waals surface area contributed by atoms with Crippen molar-refractivity contribution in [3.8, 4) is 0 Å². The number of carbonyl (C=O) groups excluding carboxylic acids is 1. The van der Waals surface area contributed by atoms with Crippen LogP contribution in [0.15, 0.2) is 22.5 Å². The molecule has 0 aliphatic heterocycles. The average Bonchev–Trinajstić information content (AvgIpc) is 2.92. The zero-order valence-electron chi connectivity index (χ0n) is 12.8. The summed E-state index contributed by atoms with van der Waals surface area (Å²) in [6.45, 7) is 4.16. The fourth-order valence-corrected chi connectivity index (χ4v) is 4.71. The highest BCUT2D eigenvalue weighted by molar-refractivity contribution is 8.02. The molecule has 1 aromatic carbocycles. The minimum atomic E-state index is 0.0654. The van der Waals surface area contributed by atoms with Gasteiger partial charge in [-0.15, -0.1) is 10.2 Å². The number of thioether (sulfide) groups is 1. The van der Waals surface area contributed by atoms with Gasteiger partial charge in [0.15, 0.2) is 4.34 Å². The Labute approximate surface area is 138 Å². The number of rotatable bonds is 4. The molecule has 1 aliphatic rings. The van der Waals surface area contributed by atoms with Crippen LogP contribution >= 0.6 is 23.1 Å². The molecule has 1 atom stereocenters. The smallest absolute Gasteiger partial charge is 0.210 e. The molecule has 1 aliphatic carbocycles. The second kappa shape index (κ2) is 6.79. The van der Waals surface area contributed by atoms with Crippen molar-refractivity contribution in [2.75, 3.05) is 5.32 Å². The minimum Gasteiger partial charge on any atom is -0.330 e. The summed E-state index contributed by atoms with van der Waals surface area (Å²) in [6.07, 6.45) is 3.84. The maximum atomic E-state index is 11.9. The molecule has 1 unspecified atom stereocenters. The Morgan fingerprint density at radius 3 is 2.91 bits per heavy atom. The lowest BCUT2D eigenvalue weighted by Crippen LogP contribution is -2.21. The second-order valence-corrected chi connectivity index (χ2v) is 8.06. The van der Waals surface area contributed by atoms with Gasteiger partial charge in [0.1, 0.15) is 5.78 Å². The molecule has 2 aromatic rings. The SMILES string of the molecule is Cc1ccc(Nc2nnc(SC3CCCCC3=O)s2)c(C)c1. The summed E-state index contributed by atoms with van der Waals surface area (Å²) < 4.78 is 0.868. The van der Waals surface area contributed by atoms with Crippen molar-refractivity contribution in [3.63, 3.8) is 0 Å². The number of anilines is 2. The minimum absolute atomic E-state index is 0.0654. The van der Waals surface area contributed by atoms with E-state index in [1.165, 1.54) is 22.5 Å². The van der Waals surface area contributed by atoms with E-state index in [-0.39, 0.29) is 5.25 Å². The number of nitrogens with one attached hydrogen (secondary N) is 1. The Morgan fingerprint density at radius 2 is 2.14 bits per heavy atom. The van der Waals surface area contributed by atoms with Gasteiger partial charge in [0.25, 0.3) is 0 Å². The first kappa shape index (κ1) is 15.5. The summed E-state index contributed by atoms with van der Waals surface area (Å²) >= 11 is 3.08. The van der Waals surface area contributed by atoms with Crippen LogP contribution in [0.25, 0.3) is 0 Å². The van der Waals surface area contributed by atoms with Gasteiger partial charge in [-0.05, 0) is 38.3 Å². The zero-order valence-corrected chi connectivity index (χ0v) is 14.4. The van der Waals surface area contributed by atoms with Crippen molar-refractivity contribution < 1.29 is 4.79 Å². The average molecular weight is 333 g/mol. The van der Waals surface area contributed by atoms with Gasteiger partial charge in [0, 0.05) is 12.1 Å². The van der Waals surface area contributed by atoms with Crippen molar-refractivity contribution >= 4 is 39.7 Å². The highest BCUT2D eigenvalue weighted by Crippen LogP contribution is 2.35. The van der Waals surface area contributed by atoms with Crippen LogP contribution in [0.4, 0.5) is 10.8 Å². The van der Waals surface area contributed by atoms with Crippen LogP contribution < -0.4 is 5.32 Å². The lowest BCUT2D eigenvalue weighted by Gasteiger charge is -2.18. The molecule has 4 nitrogen and oxygen atoms in total. The van der Waals surface area contributed by atoms with Gasteiger partial charge in [0.2, 0.25) is 5.13 Å². The lowest BCUT2D eigenvalue weighted by atomic mass is 9.99. The number of aryl methyl sites for hydroxylation is 2. The molecule has 1 saturated carbocycles. The summed E-state index contributed by atoms with van der Waals surface area (Å²) in [5.41, 5.74) is 3.48. The van der Waals surface area contributed by atoms with E-state index in [0.29, 0.717) is 12.2 Å². The monoisotopic (exact) mass is 333 g/mol. The molecule has 1 heterocycles. The summed E-state index contributed by atoms with van der Waals surface area (Å²) in [4.78, 5) is 11.9. The van der Waals surface area contributed by atoms with Crippen LogP contribution in [-0.2, 0) is 4.79 Å². The normalized spacial score (nSPS) is 18.5. The molecule has 0 spiro atoms. The third kappa shape index (κ3) is 3.67. The summed E-state index contributed by atoms with van der Waals surface area (Å²) in [7, 11) is 0. The quantitative estimate of drug-likeness (QED) is 0.892. The van der Waals surface area contributed by atoms with Gasteiger partial charge in [0.05, 0.1) is 5.25 Å². The first-order valence-corrected chi connectivity index (χ1v) is 9.18. The molecule has 0 amide bonds. The van der Waals surface area contributed by atoms with Gasteiger partial charge in [-0.3, -0.25) is 4.79 Å². The van der Waals surface area contributed by atoms with E-state index in [0.717, 1.165) is 34.4 Å². The largest absolute Gasteiger partial charge is 0.330 e. The molecule has 1 aromatic heterocycles. The summed E-state index contributed by atoms with van der Waals surface area (Å²) in [5.74, 6) is 0.357. The number of hydrogen-bond donors (Lipinski definition) is 1. The Morgan fingerprint density at radius 1 is 1.27 bits per heavy atom. The van der Waals surface area contributed by atoms with E-state index >= 15 is 0 Å². The molecule has 0 radical (unpaired) electrons. The maximum absolute atomic E-state index is 11.9. The molecule has 0 bridgehead atoms. The van der Waals surface area contributed by atoms with Crippen LogP contribution in [0.2, 0.25) is 0 Å². The Bertz CT molecular complexity index is 684. The van der Waals surface area contributed by atoms with Crippen LogP contribution in [0.1, 0.15) is 36.8 Å². The Balaban J connectivity index is 1.67. The lowest BCUT2D eigenvalue weighted by molar-refractivity contribution is -0.119. The Kier molecular flexibility index (Phi) is 4.78. The van der Waals surface area contributed by atoms with E-state index in [1.54, 1.807) is 11.8 Å². The molecule has 1 fully saturated rings. The van der Waals surface area contributed by atoms with Crippen molar-refractivity contribution in [1.29, 1.82) is 0 Å². The van der Waals surface area contributed by atoms with E-state index in [9.17, 15) is 4.79 Å².